The van der Waals surface area contributed by atoms with Crippen molar-refractivity contribution in [3.63, 3.8) is 0 Å². The molecule has 0 aromatic heterocycles. The van der Waals surface area contributed by atoms with Crippen molar-refractivity contribution in [3.8, 4) is 11.5 Å². The number of methoxy groups -OCH3 is 2. The van der Waals surface area contributed by atoms with Crippen LogP contribution in [-0.4, -0.2) is 20.0 Å². The Morgan fingerprint density at radius 1 is 0.950 bits per heavy atom. The van der Waals surface area contributed by atoms with Crippen LogP contribution in [0.3, 0.4) is 0 Å². The van der Waals surface area contributed by atoms with E-state index in [-0.39, 0.29) is 5.78 Å². The number of ketones is 1. The van der Waals surface area contributed by atoms with E-state index in [1.807, 2.05) is 38.1 Å². The van der Waals surface area contributed by atoms with Crippen LogP contribution in [0.4, 0.5) is 0 Å². The summed E-state index contributed by atoms with van der Waals surface area (Å²) in [6.07, 6.45) is 0. The van der Waals surface area contributed by atoms with Crippen molar-refractivity contribution in [2.75, 3.05) is 14.2 Å². The molecule has 2 aromatic carbocycles. The molecule has 0 spiro atoms. The van der Waals surface area contributed by atoms with Gasteiger partial charge in [-0.05, 0) is 49.2 Å². The third-order valence-electron chi connectivity index (χ3n) is 3.28. The van der Waals surface area contributed by atoms with Crippen LogP contribution in [0.1, 0.15) is 27.0 Å². The van der Waals surface area contributed by atoms with Gasteiger partial charge in [0.25, 0.3) is 0 Å². The van der Waals surface area contributed by atoms with Crippen molar-refractivity contribution in [2.24, 2.45) is 0 Å². The summed E-state index contributed by atoms with van der Waals surface area (Å²) < 4.78 is 10.6. The first kappa shape index (κ1) is 14.1. The Balaban J connectivity index is 2.49. The normalized spacial score (nSPS) is 10.2. The highest BCUT2D eigenvalue weighted by Gasteiger charge is 2.16. The number of rotatable bonds is 4. The highest BCUT2D eigenvalue weighted by Crippen LogP contribution is 2.27. The smallest absolute Gasteiger partial charge is 0.196 e. The molecule has 2 rings (SSSR count). The van der Waals surface area contributed by atoms with E-state index in [1.165, 1.54) is 0 Å². The molecular weight excluding hydrogens is 252 g/mol. The second-order valence-electron chi connectivity index (χ2n) is 4.67. The van der Waals surface area contributed by atoms with Crippen LogP contribution in [0, 0.1) is 13.8 Å². The van der Waals surface area contributed by atoms with Crippen LogP contribution in [0.5, 0.6) is 11.5 Å². The number of hydrogen-bond donors (Lipinski definition) is 0. The minimum absolute atomic E-state index is 0.0451. The summed E-state index contributed by atoms with van der Waals surface area (Å²) in [7, 11) is 3.20. The van der Waals surface area contributed by atoms with E-state index in [4.69, 9.17) is 9.47 Å². The molecule has 0 saturated heterocycles. The summed E-state index contributed by atoms with van der Waals surface area (Å²) in [4.78, 5) is 12.6. The minimum atomic E-state index is -0.0451. The third kappa shape index (κ3) is 2.52. The third-order valence-corrected chi connectivity index (χ3v) is 3.28. The Morgan fingerprint density at radius 2 is 1.55 bits per heavy atom. The zero-order valence-corrected chi connectivity index (χ0v) is 12.2. The Hall–Kier alpha value is -2.29. The fraction of sp³-hybridized carbons (Fsp3) is 0.235. The number of carbonyl (C=O) groups excluding carboxylic acids is 1. The Bertz CT molecular complexity index is 621. The van der Waals surface area contributed by atoms with Crippen LogP contribution < -0.4 is 9.47 Å². The maximum absolute atomic E-state index is 12.6. The van der Waals surface area contributed by atoms with Gasteiger partial charge in [0.05, 0.1) is 19.8 Å². The molecule has 0 bridgehead atoms. The molecule has 104 valence electrons. The number of carbonyl (C=O) groups is 1. The molecule has 0 heterocycles. The first-order chi connectivity index (χ1) is 9.58. The molecule has 20 heavy (non-hydrogen) atoms. The second kappa shape index (κ2) is 5.78. The molecule has 0 aliphatic carbocycles. The predicted octanol–water partition coefficient (Wildman–Crippen LogP) is 3.55. The Morgan fingerprint density at radius 3 is 2.10 bits per heavy atom. The largest absolute Gasteiger partial charge is 0.496 e. The monoisotopic (exact) mass is 270 g/mol. The summed E-state index contributed by atoms with van der Waals surface area (Å²) in [6, 6.07) is 10.9. The lowest BCUT2D eigenvalue weighted by Gasteiger charge is -2.12. The van der Waals surface area contributed by atoms with Gasteiger partial charge >= 0.3 is 0 Å². The van der Waals surface area contributed by atoms with Crippen molar-refractivity contribution in [2.45, 2.75) is 13.8 Å². The fourth-order valence-corrected chi connectivity index (χ4v) is 2.39. The van der Waals surface area contributed by atoms with Crippen molar-refractivity contribution in [1.82, 2.24) is 0 Å². The predicted molar refractivity (Wildman–Crippen MR) is 78.9 cm³/mol. The van der Waals surface area contributed by atoms with E-state index in [1.54, 1.807) is 26.4 Å². The zero-order chi connectivity index (χ0) is 14.7. The molecule has 0 aliphatic heterocycles. The highest BCUT2D eigenvalue weighted by atomic mass is 16.5. The van der Waals surface area contributed by atoms with Crippen molar-refractivity contribution < 1.29 is 14.3 Å². The summed E-state index contributed by atoms with van der Waals surface area (Å²) >= 11 is 0. The summed E-state index contributed by atoms with van der Waals surface area (Å²) in [5, 5.41) is 0. The molecule has 2 aromatic rings. The molecule has 0 N–H and O–H groups in total. The van der Waals surface area contributed by atoms with E-state index in [9.17, 15) is 4.79 Å². The average molecular weight is 270 g/mol. The van der Waals surface area contributed by atoms with Gasteiger partial charge in [-0.1, -0.05) is 12.1 Å². The molecule has 0 saturated carbocycles. The van der Waals surface area contributed by atoms with Crippen LogP contribution in [0.15, 0.2) is 36.4 Å². The molecule has 0 amide bonds. The van der Waals surface area contributed by atoms with Gasteiger partial charge in [0.15, 0.2) is 5.78 Å². The molecular formula is C17H18O3. The molecule has 0 radical (unpaired) electrons. The first-order valence-corrected chi connectivity index (χ1v) is 6.41. The van der Waals surface area contributed by atoms with Gasteiger partial charge in [0, 0.05) is 5.56 Å². The number of para-hydroxylation sites is 1. The van der Waals surface area contributed by atoms with E-state index < -0.39 is 0 Å². The van der Waals surface area contributed by atoms with E-state index >= 15 is 0 Å². The van der Waals surface area contributed by atoms with Gasteiger partial charge in [-0.25, -0.2) is 0 Å². The fourth-order valence-electron chi connectivity index (χ4n) is 2.39. The van der Waals surface area contributed by atoms with Gasteiger partial charge in [0.2, 0.25) is 0 Å². The molecule has 0 fully saturated rings. The van der Waals surface area contributed by atoms with Gasteiger partial charge in [-0.15, -0.1) is 0 Å². The van der Waals surface area contributed by atoms with E-state index in [0.29, 0.717) is 16.9 Å². The van der Waals surface area contributed by atoms with Crippen LogP contribution in [0.2, 0.25) is 0 Å². The second-order valence-corrected chi connectivity index (χ2v) is 4.67. The van der Waals surface area contributed by atoms with E-state index in [0.717, 1.165) is 16.9 Å². The van der Waals surface area contributed by atoms with Crippen molar-refractivity contribution in [3.05, 3.63) is 58.7 Å². The molecule has 0 aliphatic rings. The Labute approximate surface area is 119 Å². The van der Waals surface area contributed by atoms with Gasteiger partial charge in [0.1, 0.15) is 11.5 Å². The maximum atomic E-state index is 12.6. The van der Waals surface area contributed by atoms with Crippen molar-refractivity contribution >= 4 is 5.78 Å². The standard InChI is InChI=1S/C17H18O3/c1-11-9-13(10-12(2)17(11)20-4)16(18)14-7-5-6-8-15(14)19-3/h5-10H,1-4H3. The number of hydrogen-bond acceptors (Lipinski definition) is 3. The first-order valence-electron chi connectivity index (χ1n) is 6.41. The Kier molecular flexibility index (Phi) is 4.08. The summed E-state index contributed by atoms with van der Waals surface area (Å²) in [5.41, 5.74) is 3.11. The number of benzene rings is 2. The van der Waals surface area contributed by atoms with Crippen LogP contribution in [0.25, 0.3) is 0 Å². The quantitative estimate of drug-likeness (QED) is 0.797. The number of aryl methyl sites for hydroxylation is 2. The zero-order valence-electron chi connectivity index (χ0n) is 12.2. The van der Waals surface area contributed by atoms with Gasteiger partial charge < -0.3 is 9.47 Å². The summed E-state index contributed by atoms with van der Waals surface area (Å²) in [6.45, 7) is 3.87. The molecule has 0 atom stereocenters. The SMILES string of the molecule is COc1ccccc1C(=O)c1cc(C)c(OC)c(C)c1. The lowest BCUT2D eigenvalue weighted by Crippen LogP contribution is -2.05. The number of ether oxygens (including phenoxy) is 2. The average Bonchev–Trinajstić information content (AvgIpc) is 2.46. The molecule has 3 heteroatoms. The van der Waals surface area contributed by atoms with Crippen LogP contribution in [-0.2, 0) is 0 Å². The maximum Gasteiger partial charge on any atom is 0.196 e. The lowest BCUT2D eigenvalue weighted by atomic mass is 9.98. The minimum Gasteiger partial charge on any atom is -0.496 e. The van der Waals surface area contributed by atoms with Gasteiger partial charge in [-0.2, -0.15) is 0 Å². The van der Waals surface area contributed by atoms with Crippen molar-refractivity contribution in [1.29, 1.82) is 0 Å². The molecule has 3 nitrogen and oxygen atoms in total. The van der Waals surface area contributed by atoms with E-state index in [2.05, 4.69) is 0 Å². The highest BCUT2D eigenvalue weighted by molar-refractivity contribution is 6.11. The topological polar surface area (TPSA) is 35.5 Å². The lowest BCUT2D eigenvalue weighted by molar-refractivity contribution is 0.103. The van der Waals surface area contributed by atoms with Crippen LogP contribution >= 0.6 is 0 Å². The summed E-state index contributed by atoms with van der Waals surface area (Å²) in [5.74, 6) is 1.36. The molecule has 0 unspecified atom stereocenters. The van der Waals surface area contributed by atoms with Gasteiger partial charge in [-0.3, -0.25) is 4.79 Å².